The number of nitro benzene ring substituents is 1. The zero-order valence-electron chi connectivity index (χ0n) is 21.5. The van der Waals surface area contributed by atoms with Crippen LogP contribution in [0.25, 0.3) is 0 Å². The van der Waals surface area contributed by atoms with Crippen LogP contribution in [-0.2, 0) is 14.3 Å². The SMILES string of the molecule is COc1ccc([C@@H]2CC(=O)C3=C(C2)NC(C)=C(C(=O)OC(C)C)[C@@H]3c2cccc([N+](=O)[O-])c2)cc1OC. The van der Waals surface area contributed by atoms with Crippen molar-refractivity contribution in [1.82, 2.24) is 5.32 Å². The Balaban J connectivity index is 1.80. The van der Waals surface area contributed by atoms with Gasteiger partial charge in [0, 0.05) is 41.4 Å². The van der Waals surface area contributed by atoms with Crippen molar-refractivity contribution in [2.24, 2.45) is 0 Å². The molecule has 2 atom stereocenters. The van der Waals surface area contributed by atoms with Gasteiger partial charge in [-0.15, -0.1) is 0 Å². The van der Waals surface area contributed by atoms with Crippen LogP contribution in [0.1, 0.15) is 56.6 Å². The molecule has 0 bridgehead atoms. The number of benzene rings is 2. The number of nitrogens with zero attached hydrogens (tertiary/aromatic N) is 1. The maximum atomic E-state index is 13.7. The molecule has 0 saturated carbocycles. The lowest BCUT2D eigenvalue weighted by molar-refractivity contribution is -0.384. The maximum Gasteiger partial charge on any atom is 0.337 e. The van der Waals surface area contributed by atoms with Gasteiger partial charge in [0.15, 0.2) is 17.3 Å². The summed E-state index contributed by atoms with van der Waals surface area (Å²) in [5.41, 5.74) is 3.30. The third kappa shape index (κ3) is 5.07. The number of hydrogen-bond acceptors (Lipinski definition) is 8. The van der Waals surface area contributed by atoms with E-state index in [2.05, 4.69) is 5.32 Å². The zero-order chi connectivity index (χ0) is 26.9. The smallest absolute Gasteiger partial charge is 0.337 e. The second-order valence-corrected chi connectivity index (χ2v) is 9.44. The standard InChI is InChI=1S/C28H30N2O7/c1-15(2)37-28(32)25-16(3)29-21-12-19(17-9-10-23(35-4)24(14-17)36-5)13-22(31)27(21)26(25)18-7-6-8-20(11-18)30(33)34/h6-11,14-15,19,26,29H,12-13H2,1-5H3/t19-,26-/m0/s1. The number of ether oxygens (including phenoxy) is 3. The molecule has 1 aliphatic heterocycles. The van der Waals surface area contributed by atoms with Gasteiger partial charge < -0.3 is 19.5 Å². The van der Waals surface area contributed by atoms with Crippen molar-refractivity contribution in [3.05, 3.63) is 86.2 Å². The van der Waals surface area contributed by atoms with Crippen LogP contribution < -0.4 is 14.8 Å². The lowest BCUT2D eigenvalue weighted by Crippen LogP contribution is -2.36. The Morgan fingerprint density at radius 3 is 2.43 bits per heavy atom. The molecular weight excluding hydrogens is 476 g/mol. The Bertz CT molecular complexity index is 1330. The van der Waals surface area contributed by atoms with Crippen LogP contribution in [0, 0.1) is 10.1 Å². The normalized spacial score (nSPS) is 19.4. The van der Waals surface area contributed by atoms with Crippen LogP contribution in [0.4, 0.5) is 5.69 Å². The molecule has 0 amide bonds. The number of ketones is 1. The summed E-state index contributed by atoms with van der Waals surface area (Å²) >= 11 is 0. The van der Waals surface area contributed by atoms with Crippen LogP contribution in [0.2, 0.25) is 0 Å². The average molecular weight is 507 g/mol. The van der Waals surface area contributed by atoms with Gasteiger partial charge in [0.2, 0.25) is 0 Å². The number of hydrogen-bond donors (Lipinski definition) is 1. The first kappa shape index (κ1) is 25.9. The monoisotopic (exact) mass is 506 g/mol. The molecular formula is C28H30N2O7. The fourth-order valence-corrected chi connectivity index (χ4v) is 5.08. The molecule has 0 spiro atoms. The quantitative estimate of drug-likeness (QED) is 0.319. The first-order valence-electron chi connectivity index (χ1n) is 12.1. The van der Waals surface area contributed by atoms with Crippen molar-refractivity contribution in [2.45, 2.75) is 51.6 Å². The third-order valence-corrected chi connectivity index (χ3v) is 6.68. The zero-order valence-corrected chi connectivity index (χ0v) is 21.5. The molecule has 2 aromatic rings. The van der Waals surface area contributed by atoms with E-state index in [0.29, 0.717) is 40.5 Å². The minimum atomic E-state index is -0.777. The minimum Gasteiger partial charge on any atom is -0.493 e. The number of rotatable bonds is 7. The molecule has 0 unspecified atom stereocenters. The number of carbonyl (C=O) groups excluding carboxylic acids is 2. The van der Waals surface area contributed by atoms with Gasteiger partial charge in [-0.25, -0.2) is 4.79 Å². The van der Waals surface area contributed by atoms with Crippen molar-refractivity contribution in [1.29, 1.82) is 0 Å². The van der Waals surface area contributed by atoms with Crippen LogP contribution in [-0.4, -0.2) is 37.0 Å². The Morgan fingerprint density at radius 2 is 1.78 bits per heavy atom. The van der Waals surface area contributed by atoms with E-state index in [1.54, 1.807) is 47.1 Å². The van der Waals surface area contributed by atoms with E-state index >= 15 is 0 Å². The molecule has 4 rings (SSSR count). The van der Waals surface area contributed by atoms with Gasteiger partial charge in [-0.3, -0.25) is 14.9 Å². The highest BCUT2D eigenvalue weighted by atomic mass is 16.6. The number of non-ortho nitro benzene ring substituents is 1. The molecule has 9 heteroatoms. The maximum absolute atomic E-state index is 13.7. The van der Waals surface area contributed by atoms with Crippen molar-refractivity contribution in [3.63, 3.8) is 0 Å². The van der Waals surface area contributed by atoms with Gasteiger partial charge in [0.25, 0.3) is 5.69 Å². The Labute approximate surface area is 215 Å². The van der Waals surface area contributed by atoms with E-state index in [0.717, 1.165) is 5.56 Å². The first-order valence-corrected chi connectivity index (χ1v) is 12.1. The molecule has 2 aromatic carbocycles. The molecule has 37 heavy (non-hydrogen) atoms. The fraction of sp³-hybridized carbons (Fsp3) is 0.357. The summed E-state index contributed by atoms with van der Waals surface area (Å²) in [6.07, 6.45) is 0.365. The van der Waals surface area contributed by atoms with Gasteiger partial charge in [-0.2, -0.15) is 0 Å². The summed E-state index contributed by atoms with van der Waals surface area (Å²) in [6.45, 7) is 5.25. The van der Waals surface area contributed by atoms with Crippen molar-refractivity contribution >= 4 is 17.4 Å². The van der Waals surface area contributed by atoms with Crippen LogP contribution in [0.15, 0.2) is 65.0 Å². The summed E-state index contributed by atoms with van der Waals surface area (Å²) in [5, 5.41) is 14.8. The summed E-state index contributed by atoms with van der Waals surface area (Å²) in [7, 11) is 3.13. The molecule has 1 aliphatic carbocycles. The molecule has 0 aromatic heterocycles. The predicted molar refractivity (Wildman–Crippen MR) is 136 cm³/mol. The highest BCUT2D eigenvalue weighted by molar-refractivity contribution is 6.04. The Kier molecular flexibility index (Phi) is 7.33. The average Bonchev–Trinajstić information content (AvgIpc) is 2.86. The van der Waals surface area contributed by atoms with E-state index in [-0.39, 0.29) is 35.5 Å². The highest BCUT2D eigenvalue weighted by Gasteiger charge is 2.42. The van der Waals surface area contributed by atoms with Gasteiger partial charge in [0.05, 0.1) is 30.8 Å². The summed E-state index contributed by atoms with van der Waals surface area (Å²) in [6, 6.07) is 11.7. The van der Waals surface area contributed by atoms with E-state index < -0.39 is 16.8 Å². The molecule has 1 heterocycles. The van der Waals surface area contributed by atoms with E-state index in [1.807, 2.05) is 18.2 Å². The van der Waals surface area contributed by atoms with Crippen molar-refractivity contribution in [2.75, 3.05) is 14.2 Å². The molecule has 0 radical (unpaired) electrons. The summed E-state index contributed by atoms with van der Waals surface area (Å²) < 4.78 is 16.3. The van der Waals surface area contributed by atoms with Crippen molar-refractivity contribution < 1.29 is 28.7 Å². The topological polar surface area (TPSA) is 117 Å². The molecule has 2 aliphatic rings. The molecule has 194 valence electrons. The molecule has 1 N–H and O–H groups in total. The van der Waals surface area contributed by atoms with Gasteiger partial charge in [0.1, 0.15) is 0 Å². The van der Waals surface area contributed by atoms with Gasteiger partial charge >= 0.3 is 5.97 Å². The summed E-state index contributed by atoms with van der Waals surface area (Å²) in [5.74, 6) is -0.414. The molecule has 0 saturated heterocycles. The molecule has 0 fully saturated rings. The number of Topliss-reactive ketones (excluding diaryl/α,β-unsaturated/α-hetero) is 1. The van der Waals surface area contributed by atoms with Gasteiger partial charge in [-0.1, -0.05) is 18.2 Å². The van der Waals surface area contributed by atoms with E-state index in [9.17, 15) is 19.7 Å². The highest BCUT2D eigenvalue weighted by Crippen LogP contribution is 2.47. The van der Waals surface area contributed by atoms with Crippen LogP contribution in [0.5, 0.6) is 11.5 Å². The van der Waals surface area contributed by atoms with Gasteiger partial charge in [-0.05, 0) is 56.4 Å². The van der Waals surface area contributed by atoms with Crippen LogP contribution in [0.3, 0.4) is 0 Å². The number of nitro groups is 1. The fourth-order valence-electron chi connectivity index (χ4n) is 5.08. The third-order valence-electron chi connectivity index (χ3n) is 6.68. The predicted octanol–water partition coefficient (Wildman–Crippen LogP) is 4.93. The Hall–Kier alpha value is -4.14. The van der Waals surface area contributed by atoms with E-state index in [4.69, 9.17) is 14.2 Å². The number of dihydropyridines is 1. The number of nitrogens with one attached hydrogen (secondary N) is 1. The first-order chi connectivity index (χ1) is 17.6. The lowest BCUT2D eigenvalue weighted by Gasteiger charge is -2.37. The largest absolute Gasteiger partial charge is 0.493 e. The van der Waals surface area contributed by atoms with E-state index in [1.165, 1.54) is 12.1 Å². The lowest BCUT2D eigenvalue weighted by atomic mass is 9.71. The summed E-state index contributed by atoms with van der Waals surface area (Å²) in [4.78, 5) is 37.9. The number of allylic oxidation sites excluding steroid dienone is 3. The van der Waals surface area contributed by atoms with Crippen molar-refractivity contribution in [3.8, 4) is 11.5 Å². The molecule has 9 nitrogen and oxygen atoms in total. The number of methoxy groups -OCH3 is 2. The minimum absolute atomic E-state index is 0.112. The second kappa shape index (κ2) is 10.5. The Morgan fingerprint density at radius 1 is 1.05 bits per heavy atom. The van der Waals surface area contributed by atoms with Crippen LogP contribution >= 0.6 is 0 Å². The number of esters is 1. The second-order valence-electron chi connectivity index (χ2n) is 9.44. The number of carbonyl (C=O) groups is 2.